The lowest BCUT2D eigenvalue weighted by atomic mass is 9.68. The zero-order valence-corrected chi connectivity index (χ0v) is 13.4. The minimum absolute atomic E-state index is 0.0562. The predicted molar refractivity (Wildman–Crippen MR) is 81.1 cm³/mol. The number of nitrogens with zero attached hydrogens (tertiary/aromatic N) is 1. The average Bonchev–Trinajstić information content (AvgIpc) is 2.78. The van der Waals surface area contributed by atoms with Crippen molar-refractivity contribution in [1.29, 1.82) is 0 Å². The average molecular weight is 267 g/mol. The Morgan fingerprint density at radius 3 is 2.47 bits per heavy atom. The maximum absolute atomic E-state index is 10.3. The number of aliphatic hydroxyl groups is 1. The Kier molecular flexibility index (Phi) is 4.94. The molecule has 1 saturated carbocycles. The SMILES string of the molecule is CCC1CCN(CC2CC(C(C)(C)C)CCC2O)C1. The number of aliphatic hydroxyl groups excluding tert-OH is 1. The minimum Gasteiger partial charge on any atom is -0.393 e. The molecule has 0 amide bonds. The van der Waals surface area contributed by atoms with Crippen LogP contribution in [-0.2, 0) is 0 Å². The minimum atomic E-state index is -0.0562. The van der Waals surface area contributed by atoms with Gasteiger partial charge in [-0.3, -0.25) is 0 Å². The Morgan fingerprint density at radius 1 is 1.16 bits per heavy atom. The Bertz CT molecular complexity index is 283. The van der Waals surface area contributed by atoms with Crippen molar-refractivity contribution in [3.05, 3.63) is 0 Å². The largest absolute Gasteiger partial charge is 0.393 e. The van der Waals surface area contributed by atoms with Crippen molar-refractivity contribution < 1.29 is 5.11 Å². The summed E-state index contributed by atoms with van der Waals surface area (Å²) >= 11 is 0. The van der Waals surface area contributed by atoms with E-state index in [9.17, 15) is 5.11 Å². The third kappa shape index (κ3) is 3.95. The molecule has 0 spiro atoms. The van der Waals surface area contributed by atoms with Crippen molar-refractivity contribution in [3.8, 4) is 0 Å². The van der Waals surface area contributed by atoms with Crippen LogP contribution in [0.25, 0.3) is 0 Å². The summed E-state index contributed by atoms with van der Waals surface area (Å²) in [5, 5.41) is 10.3. The second-order valence-electron chi connectivity index (χ2n) is 8.03. The summed E-state index contributed by atoms with van der Waals surface area (Å²) in [7, 11) is 0. The molecule has 0 radical (unpaired) electrons. The molecule has 2 heteroatoms. The third-order valence-corrected chi connectivity index (χ3v) is 5.61. The Balaban J connectivity index is 1.87. The highest BCUT2D eigenvalue weighted by atomic mass is 16.3. The van der Waals surface area contributed by atoms with Gasteiger partial charge in [0.15, 0.2) is 0 Å². The summed E-state index contributed by atoms with van der Waals surface area (Å²) in [5.74, 6) is 2.19. The Morgan fingerprint density at radius 2 is 1.89 bits per heavy atom. The van der Waals surface area contributed by atoms with E-state index in [4.69, 9.17) is 0 Å². The van der Waals surface area contributed by atoms with Crippen LogP contribution in [-0.4, -0.2) is 35.7 Å². The van der Waals surface area contributed by atoms with Gasteiger partial charge < -0.3 is 10.0 Å². The van der Waals surface area contributed by atoms with Gasteiger partial charge in [0.25, 0.3) is 0 Å². The van der Waals surface area contributed by atoms with E-state index >= 15 is 0 Å². The second-order valence-corrected chi connectivity index (χ2v) is 8.03. The first-order valence-electron chi connectivity index (χ1n) is 8.30. The van der Waals surface area contributed by atoms with E-state index in [1.807, 2.05) is 0 Å². The van der Waals surface area contributed by atoms with E-state index in [1.54, 1.807) is 0 Å². The molecular formula is C17H33NO. The van der Waals surface area contributed by atoms with Gasteiger partial charge in [0.05, 0.1) is 6.10 Å². The van der Waals surface area contributed by atoms with E-state index in [2.05, 4.69) is 32.6 Å². The zero-order valence-electron chi connectivity index (χ0n) is 13.4. The van der Waals surface area contributed by atoms with Crippen LogP contribution in [0, 0.1) is 23.2 Å². The normalized spacial score (nSPS) is 37.7. The van der Waals surface area contributed by atoms with E-state index in [-0.39, 0.29) is 6.10 Å². The molecule has 112 valence electrons. The third-order valence-electron chi connectivity index (χ3n) is 5.61. The van der Waals surface area contributed by atoms with Crippen LogP contribution in [0.4, 0.5) is 0 Å². The number of rotatable bonds is 3. The van der Waals surface area contributed by atoms with Gasteiger partial charge in [-0.15, -0.1) is 0 Å². The Labute approximate surface area is 119 Å². The number of hydrogen-bond donors (Lipinski definition) is 1. The maximum Gasteiger partial charge on any atom is 0.0580 e. The zero-order chi connectivity index (χ0) is 14.0. The molecule has 2 nitrogen and oxygen atoms in total. The first-order chi connectivity index (χ1) is 8.90. The van der Waals surface area contributed by atoms with Gasteiger partial charge >= 0.3 is 0 Å². The van der Waals surface area contributed by atoms with Crippen molar-refractivity contribution >= 4 is 0 Å². The topological polar surface area (TPSA) is 23.5 Å². The molecule has 0 bridgehead atoms. The molecule has 1 N–H and O–H groups in total. The van der Waals surface area contributed by atoms with Crippen molar-refractivity contribution in [2.75, 3.05) is 19.6 Å². The number of likely N-dealkylation sites (tertiary alicyclic amines) is 1. The smallest absolute Gasteiger partial charge is 0.0580 e. The molecule has 4 unspecified atom stereocenters. The van der Waals surface area contributed by atoms with Crippen molar-refractivity contribution in [2.24, 2.45) is 23.2 Å². The molecule has 4 atom stereocenters. The molecule has 0 aromatic rings. The van der Waals surface area contributed by atoms with Crippen LogP contribution in [0.1, 0.15) is 59.8 Å². The standard InChI is InChI=1S/C17H33NO/c1-5-13-8-9-18(11-13)12-14-10-15(17(2,3)4)6-7-16(14)19/h13-16,19H,5-12H2,1-4H3. The fourth-order valence-electron chi connectivity index (χ4n) is 3.97. The van der Waals surface area contributed by atoms with Crippen LogP contribution < -0.4 is 0 Å². The lowest BCUT2D eigenvalue weighted by Crippen LogP contribution is -2.40. The first-order valence-corrected chi connectivity index (χ1v) is 8.30. The molecule has 1 aliphatic carbocycles. The fraction of sp³-hybridized carbons (Fsp3) is 1.00. The van der Waals surface area contributed by atoms with Gasteiger partial charge in [-0.2, -0.15) is 0 Å². The fourth-order valence-corrected chi connectivity index (χ4v) is 3.97. The highest BCUT2D eigenvalue weighted by Crippen LogP contribution is 2.40. The van der Waals surface area contributed by atoms with Crippen LogP contribution in [0.5, 0.6) is 0 Å². The Hall–Kier alpha value is -0.0800. The summed E-state index contributed by atoms with van der Waals surface area (Å²) in [6.45, 7) is 13.0. The van der Waals surface area contributed by atoms with Crippen LogP contribution in [0.2, 0.25) is 0 Å². The summed E-state index contributed by atoms with van der Waals surface area (Å²) in [5.41, 5.74) is 0.398. The molecule has 2 fully saturated rings. The van der Waals surface area contributed by atoms with Gasteiger partial charge in [0.2, 0.25) is 0 Å². The lowest BCUT2D eigenvalue weighted by Gasteiger charge is -2.41. The van der Waals surface area contributed by atoms with Crippen LogP contribution in [0.15, 0.2) is 0 Å². The van der Waals surface area contributed by atoms with Crippen molar-refractivity contribution in [1.82, 2.24) is 4.90 Å². The van der Waals surface area contributed by atoms with Gasteiger partial charge in [0.1, 0.15) is 0 Å². The van der Waals surface area contributed by atoms with Crippen LogP contribution >= 0.6 is 0 Å². The second kappa shape index (κ2) is 6.13. The highest BCUT2D eigenvalue weighted by Gasteiger charge is 2.36. The summed E-state index contributed by atoms with van der Waals surface area (Å²) in [4.78, 5) is 2.60. The lowest BCUT2D eigenvalue weighted by molar-refractivity contribution is 0.00578. The maximum atomic E-state index is 10.3. The molecule has 1 heterocycles. The van der Waals surface area contributed by atoms with Gasteiger partial charge in [-0.1, -0.05) is 34.1 Å². The van der Waals surface area contributed by atoms with Crippen molar-refractivity contribution in [2.45, 2.75) is 65.9 Å². The predicted octanol–water partition coefficient (Wildman–Crippen LogP) is 3.54. The number of hydrogen-bond acceptors (Lipinski definition) is 2. The summed E-state index contributed by atoms with van der Waals surface area (Å²) in [6.07, 6.45) is 6.06. The molecule has 1 saturated heterocycles. The molecule has 19 heavy (non-hydrogen) atoms. The monoisotopic (exact) mass is 267 g/mol. The van der Waals surface area contributed by atoms with E-state index < -0.39 is 0 Å². The molecule has 1 aliphatic heterocycles. The first kappa shape index (κ1) is 15.3. The van der Waals surface area contributed by atoms with Gasteiger partial charge in [0, 0.05) is 13.1 Å². The molecule has 2 aliphatic rings. The molecule has 2 rings (SSSR count). The van der Waals surface area contributed by atoms with E-state index in [1.165, 1.54) is 38.8 Å². The highest BCUT2D eigenvalue weighted by molar-refractivity contribution is 4.88. The van der Waals surface area contributed by atoms with Gasteiger partial charge in [-0.05, 0) is 55.4 Å². The molecule has 0 aromatic carbocycles. The van der Waals surface area contributed by atoms with E-state index in [0.29, 0.717) is 11.3 Å². The van der Waals surface area contributed by atoms with Crippen LogP contribution in [0.3, 0.4) is 0 Å². The van der Waals surface area contributed by atoms with Crippen molar-refractivity contribution in [3.63, 3.8) is 0 Å². The van der Waals surface area contributed by atoms with E-state index in [0.717, 1.165) is 24.8 Å². The summed E-state index contributed by atoms with van der Waals surface area (Å²) < 4.78 is 0. The molecule has 0 aromatic heterocycles. The quantitative estimate of drug-likeness (QED) is 0.845. The van der Waals surface area contributed by atoms with Gasteiger partial charge in [-0.25, -0.2) is 0 Å². The molecular weight excluding hydrogens is 234 g/mol. The summed E-state index contributed by atoms with van der Waals surface area (Å²) in [6, 6.07) is 0.